The normalized spacial score (nSPS) is 19.8. The van der Waals surface area contributed by atoms with Crippen LogP contribution in [0.15, 0.2) is 54.6 Å². The Morgan fingerprint density at radius 3 is 2.46 bits per heavy atom. The van der Waals surface area contributed by atoms with Crippen LogP contribution in [-0.2, 0) is 10.3 Å². The summed E-state index contributed by atoms with van der Waals surface area (Å²) in [5.41, 5.74) is 7.48. The van der Waals surface area contributed by atoms with E-state index in [2.05, 4.69) is 12.1 Å². The van der Waals surface area contributed by atoms with Gasteiger partial charge in [0.05, 0.1) is 7.11 Å². The van der Waals surface area contributed by atoms with E-state index in [9.17, 15) is 4.79 Å². The minimum absolute atomic E-state index is 0.00953. The van der Waals surface area contributed by atoms with Crippen LogP contribution < -0.4 is 10.5 Å². The van der Waals surface area contributed by atoms with Gasteiger partial charge in [0.2, 0.25) is 5.91 Å². The summed E-state index contributed by atoms with van der Waals surface area (Å²) in [6, 6.07) is 17.7. The maximum Gasteiger partial charge on any atom is 0.246 e. The van der Waals surface area contributed by atoms with Crippen molar-refractivity contribution < 1.29 is 9.53 Å². The Bertz CT molecular complexity index is 695. The molecule has 2 N–H and O–H groups in total. The molecule has 2 unspecified atom stereocenters. The first kappa shape index (κ1) is 16.5. The number of nitrogens with zero attached hydrogens (tertiary/aromatic N) is 1. The number of likely N-dealkylation sites (tertiary alicyclic amines) is 1. The van der Waals surface area contributed by atoms with Crippen molar-refractivity contribution in [2.24, 2.45) is 5.73 Å². The molecule has 1 aliphatic heterocycles. The highest BCUT2D eigenvalue weighted by molar-refractivity contribution is 5.87. The van der Waals surface area contributed by atoms with Gasteiger partial charge in [-0.1, -0.05) is 42.5 Å². The number of ether oxygens (including phenoxy) is 1. The molecule has 2 aromatic carbocycles. The highest BCUT2D eigenvalue weighted by atomic mass is 16.5. The van der Waals surface area contributed by atoms with Gasteiger partial charge >= 0.3 is 0 Å². The third-order valence-electron chi connectivity index (χ3n) is 4.88. The summed E-state index contributed by atoms with van der Waals surface area (Å²) < 4.78 is 5.20. The number of carbonyl (C=O) groups is 1. The maximum atomic E-state index is 12.9. The second kappa shape index (κ2) is 6.65. The summed E-state index contributed by atoms with van der Waals surface area (Å²) in [6.45, 7) is 3.26. The molecule has 0 aromatic heterocycles. The smallest absolute Gasteiger partial charge is 0.246 e. The van der Waals surface area contributed by atoms with Crippen LogP contribution >= 0.6 is 0 Å². The second-order valence-corrected chi connectivity index (χ2v) is 6.58. The van der Waals surface area contributed by atoms with Gasteiger partial charge < -0.3 is 15.4 Å². The molecule has 0 spiro atoms. The number of hydrogen-bond acceptors (Lipinski definition) is 3. The molecule has 0 aliphatic carbocycles. The van der Waals surface area contributed by atoms with Crippen molar-refractivity contribution in [1.29, 1.82) is 0 Å². The highest BCUT2D eigenvalue weighted by Crippen LogP contribution is 2.31. The van der Waals surface area contributed by atoms with Crippen LogP contribution in [0.4, 0.5) is 0 Å². The molecular formula is C20H24N2O2. The van der Waals surface area contributed by atoms with Gasteiger partial charge in [-0.25, -0.2) is 0 Å². The first-order chi connectivity index (χ1) is 11.5. The number of rotatable bonds is 4. The average molecular weight is 324 g/mol. The lowest BCUT2D eigenvalue weighted by Crippen LogP contribution is -2.50. The van der Waals surface area contributed by atoms with E-state index in [0.29, 0.717) is 12.5 Å². The third kappa shape index (κ3) is 3.15. The third-order valence-corrected chi connectivity index (χ3v) is 4.88. The molecule has 4 nitrogen and oxygen atoms in total. The van der Waals surface area contributed by atoms with E-state index in [-0.39, 0.29) is 5.91 Å². The Labute approximate surface area is 143 Å². The zero-order valence-electron chi connectivity index (χ0n) is 14.2. The summed E-state index contributed by atoms with van der Waals surface area (Å²) in [5.74, 6) is 1.19. The summed E-state index contributed by atoms with van der Waals surface area (Å²) in [6.07, 6.45) is 0.961. The lowest BCUT2D eigenvalue weighted by Gasteiger charge is -2.29. The van der Waals surface area contributed by atoms with Crippen molar-refractivity contribution in [1.82, 2.24) is 4.90 Å². The predicted molar refractivity (Wildman–Crippen MR) is 94.9 cm³/mol. The van der Waals surface area contributed by atoms with E-state index in [1.54, 1.807) is 14.0 Å². The van der Waals surface area contributed by atoms with Crippen molar-refractivity contribution in [2.75, 3.05) is 20.2 Å². The molecule has 126 valence electrons. The summed E-state index contributed by atoms with van der Waals surface area (Å²) >= 11 is 0. The molecule has 1 saturated heterocycles. The number of methoxy groups -OCH3 is 1. The van der Waals surface area contributed by atoms with Crippen molar-refractivity contribution in [3.8, 4) is 5.75 Å². The zero-order valence-corrected chi connectivity index (χ0v) is 14.2. The first-order valence-electron chi connectivity index (χ1n) is 8.30. The van der Waals surface area contributed by atoms with Crippen molar-refractivity contribution >= 4 is 5.91 Å². The van der Waals surface area contributed by atoms with Gasteiger partial charge in [-0.15, -0.1) is 0 Å². The van der Waals surface area contributed by atoms with Gasteiger partial charge in [0.25, 0.3) is 0 Å². The van der Waals surface area contributed by atoms with Gasteiger partial charge in [0.15, 0.2) is 0 Å². The maximum absolute atomic E-state index is 12.9. The quantitative estimate of drug-likeness (QED) is 0.941. The van der Waals surface area contributed by atoms with E-state index in [1.165, 1.54) is 5.56 Å². The monoisotopic (exact) mass is 324 g/mol. The lowest BCUT2D eigenvalue weighted by molar-refractivity contribution is -0.135. The van der Waals surface area contributed by atoms with E-state index in [1.807, 2.05) is 47.4 Å². The molecule has 1 heterocycles. The summed E-state index contributed by atoms with van der Waals surface area (Å²) in [5, 5.41) is 0. The Morgan fingerprint density at radius 1 is 1.17 bits per heavy atom. The number of nitrogens with two attached hydrogens (primary N) is 1. The van der Waals surface area contributed by atoms with Crippen molar-refractivity contribution in [2.45, 2.75) is 24.8 Å². The van der Waals surface area contributed by atoms with Gasteiger partial charge in [-0.2, -0.15) is 0 Å². The van der Waals surface area contributed by atoms with Crippen molar-refractivity contribution in [3.63, 3.8) is 0 Å². The molecule has 4 heteroatoms. The minimum atomic E-state index is -0.990. The topological polar surface area (TPSA) is 55.6 Å². The molecule has 1 fully saturated rings. The molecule has 0 radical (unpaired) electrons. The van der Waals surface area contributed by atoms with Crippen molar-refractivity contribution in [3.05, 3.63) is 65.7 Å². The summed E-state index contributed by atoms with van der Waals surface area (Å²) in [7, 11) is 1.66. The fourth-order valence-electron chi connectivity index (χ4n) is 3.33. The van der Waals surface area contributed by atoms with Crippen LogP contribution in [0.1, 0.15) is 30.4 Å². The van der Waals surface area contributed by atoms with E-state index < -0.39 is 5.54 Å². The van der Waals surface area contributed by atoms with E-state index in [0.717, 1.165) is 24.3 Å². The SMILES string of the molecule is COc1ccc(C2CCN(C(=O)C(C)(N)c3ccccc3)C2)cc1. The fraction of sp³-hybridized carbons (Fsp3) is 0.350. The van der Waals surface area contributed by atoms with Gasteiger partial charge in [0, 0.05) is 19.0 Å². The Balaban J connectivity index is 1.71. The lowest BCUT2D eigenvalue weighted by atomic mass is 9.91. The van der Waals surface area contributed by atoms with E-state index >= 15 is 0 Å². The Hall–Kier alpha value is -2.33. The molecule has 2 atom stereocenters. The highest BCUT2D eigenvalue weighted by Gasteiger charge is 2.37. The second-order valence-electron chi connectivity index (χ2n) is 6.58. The molecule has 2 aromatic rings. The molecule has 0 bridgehead atoms. The zero-order chi connectivity index (χ0) is 17.2. The van der Waals surface area contributed by atoms with Crippen LogP contribution in [0.25, 0.3) is 0 Å². The van der Waals surface area contributed by atoms with Gasteiger partial charge in [0.1, 0.15) is 11.3 Å². The van der Waals surface area contributed by atoms with Crippen LogP contribution in [0.2, 0.25) is 0 Å². The van der Waals surface area contributed by atoms with Gasteiger partial charge in [-0.05, 0) is 36.6 Å². The van der Waals surface area contributed by atoms with Crippen LogP contribution in [-0.4, -0.2) is 31.0 Å². The minimum Gasteiger partial charge on any atom is -0.497 e. The number of benzene rings is 2. The summed E-state index contributed by atoms with van der Waals surface area (Å²) in [4.78, 5) is 14.8. The number of carbonyl (C=O) groups excluding carboxylic acids is 1. The number of hydrogen-bond donors (Lipinski definition) is 1. The van der Waals surface area contributed by atoms with Gasteiger partial charge in [-0.3, -0.25) is 4.79 Å². The molecule has 24 heavy (non-hydrogen) atoms. The first-order valence-corrected chi connectivity index (χ1v) is 8.30. The van der Waals surface area contributed by atoms with E-state index in [4.69, 9.17) is 10.5 Å². The fourth-order valence-corrected chi connectivity index (χ4v) is 3.33. The molecule has 0 saturated carbocycles. The Morgan fingerprint density at radius 2 is 1.83 bits per heavy atom. The number of amides is 1. The predicted octanol–water partition coefficient (Wildman–Crippen LogP) is 2.89. The molecule has 1 amide bonds. The standard InChI is InChI=1S/C20H24N2O2/c1-20(21,17-6-4-3-5-7-17)19(23)22-13-12-16(14-22)15-8-10-18(24-2)11-9-15/h3-11,16H,12-14,21H2,1-2H3. The average Bonchev–Trinajstić information content (AvgIpc) is 3.12. The molecule has 3 rings (SSSR count). The van der Waals surface area contributed by atoms with Crippen LogP contribution in [0.5, 0.6) is 5.75 Å². The van der Waals surface area contributed by atoms with Crippen LogP contribution in [0, 0.1) is 0 Å². The molecular weight excluding hydrogens is 300 g/mol. The van der Waals surface area contributed by atoms with Crippen LogP contribution in [0.3, 0.4) is 0 Å². The Kier molecular flexibility index (Phi) is 4.58. The molecule has 1 aliphatic rings. The largest absolute Gasteiger partial charge is 0.497 e.